The highest BCUT2D eigenvalue weighted by molar-refractivity contribution is 5.37. The summed E-state index contributed by atoms with van der Waals surface area (Å²) in [5.74, 6) is 0.546. The molecule has 1 aromatic carbocycles. The number of hydrogen-bond donors (Lipinski definition) is 1. The summed E-state index contributed by atoms with van der Waals surface area (Å²) in [7, 11) is 2.06. The number of rotatable bonds is 2. The van der Waals surface area contributed by atoms with Crippen molar-refractivity contribution in [3.63, 3.8) is 0 Å². The average Bonchev–Trinajstić information content (AvgIpc) is 2.30. The fraction of sp³-hybridized carbons (Fsp3) is 0.429. The van der Waals surface area contributed by atoms with Gasteiger partial charge in [-0.15, -0.1) is 0 Å². The molecule has 0 amide bonds. The third-order valence-corrected chi connectivity index (χ3v) is 3.34. The minimum Gasteiger partial charge on any atom is -0.316 e. The van der Waals surface area contributed by atoms with Crippen molar-refractivity contribution in [2.45, 2.75) is 31.7 Å². The lowest BCUT2D eigenvalue weighted by Gasteiger charge is -2.31. The van der Waals surface area contributed by atoms with Gasteiger partial charge in [0.25, 0.3) is 0 Å². The molecule has 2 unspecified atom stereocenters. The van der Waals surface area contributed by atoms with Gasteiger partial charge in [0, 0.05) is 12.0 Å². The van der Waals surface area contributed by atoms with E-state index in [2.05, 4.69) is 55.7 Å². The van der Waals surface area contributed by atoms with Gasteiger partial charge in [-0.3, -0.25) is 0 Å². The molecule has 0 fully saturated rings. The van der Waals surface area contributed by atoms with Gasteiger partial charge in [-0.1, -0.05) is 36.4 Å². The Morgan fingerprint density at radius 1 is 1.33 bits per heavy atom. The largest absolute Gasteiger partial charge is 0.316 e. The van der Waals surface area contributed by atoms with Crippen molar-refractivity contribution in [2.24, 2.45) is 0 Å². The fourth-order valence-corrected chi connectivity index (χ4v) is 2.56. The summed E-state index contributed by atoms with van der Waals surface area (Å²) in [6.45, 7) is 2.10. The Bertz CT molecular complexity index is 354. The molecule has 2 atom stereocenters. The van der Waals surface area contributed by atoms with Crippen molar-refractivity contribution in [3.8, 4) is 0 Å². The predicted octanol–water partition coefficient (Wildman–Crippen LogP) is 2.88. The maximum atomic E-state index is 3.43. The van der Waals surface area contributed by atoms with E-state index in [4.69, 9.17) is 0 Å². The van der Waals surface area contributed by atoms with Crippen LogP contribution in [0.1, 0.15) is 30.4 Å². The van der Waals surface area contributed by atoms with Crippen LogP contribution in [0.15, 0.2) is 36.4 Å². The second-order valence-corrected chi connectivity index (χ2v) is 4.18. The first-order valence-electron chi connectivity index (χ1n) is 5.74. The molecule has 0 bridgehead atoms. The molecule has 0 heterocycles. The standard InChI is InChI=1S/C14H19N/c1-3-6-13-12-8-5-4-7-11(12)9-10-14(13)15-2/h3-8,13-15H,9-10H2,1-2H3/b6-3+. The van der Waals surface area contributed by atoms with Crippen molar-refractivity contribution >= 4 is 0 Å². The molecular weight excluding hydrogens is 182 g/mol. The van der Waals surface area contributed by atoms with Gasteiger partial charge in [-0.05, 0) is 37.9 Å². The molecule has 0 radical (unpaired) electrons. The topological polar surface area (TPSA) is 12.0 Å². The highest BCUT2D eigenvalue weighted by Crippen LogP contribution is 2.32. The highest BCUT2D eigenvalue weighted by atomic mass is 14.9. The maximum Gasteiger partial charge on any atom is 0.0175 e. The molecule has 80 valence electrons. The molecule has 0 aliphatic heterocycles. The second-order valence-electron chi connectivity index (χ2n) is 4.18. The predicted molar refractivity (Wildman–Crippen MR) is 65.2 cm³/mol. The number of likely N-dealkylation sites (N-methyl/N-ethyl adjacent to an activating group) is 1. The lowest BCUT2D eigenvalue weighted by molar-refractivity contribution is 0.457. The van der Waals surface area contributed by atoms with E-state index < -0.39 is 0 Å². The highest BCUT2D eigenvalue weighted by Gasteiger charge is 2.25. The zero-order chi connectivity index (χ0) is 10.7. The Morgan fingerprint density at radius 2 is 2.13 bits per heavy atom. The van der Waals surface area contributed by atoms with Crippen molar-refractivity contribution in [3.05, 3.63) is 47.5 Å². The molecule has 1 heteroatoms. The van der Waals surface area contributed by atoms with Gasteiger partial charge >= 0.3 is 0 Å². The molecule has 0 spiro atoms. The Balaban J connectivity index is 2.38. The molecule has 0 saturated carbocycles. The minimum absolute atomic E-state index is 0.546. The number of nitrogens with one attached hydrogen (secondary N) is 1. The summed E-state index contributed by atoms with van der Waals surface area (Å²) in [6, 6.07) is 9.41. The summed E-state index contributed by atoms with van der Waals surface area (Å²) in [6.07, 6.45) is 6.93. The average molecular weight is 201 g/mol. The number of benzene rings is 1. The van der Waals surface area contributed by atoms with E-state index in [-0.39, 0.29) is 0 Å². The van der Waals surface area contributed by atoms with Crippen LogP contribution in [0.3, 0.4) is 0 Å². The van der Waals surface area contributed by atoms with Gasteiger partial charge in [0.05, 0.1) is 0 Å². The summed E-state index contributed by atoms with van der Waals surface area (Å²) < 4.78 is 0. The minimum atomic E-state index is 0.546. The van der Waals surface area contributed by atoms with E-state index in [1.165, 1.54) is 24.0 Å². The molecule has 1 aliphatic rings. The van der Waals surface area contributed by atoms with E-state index in [1.54, 1.807) is 0 Å². The van der Waals surface area contributed by atoms with E-state index in [0.29, 0.717) is 12.0 Å². The third kappa shape index (κ3) is 1.98. The fourth-order valence-electron chi connectivity index (χ4n) is 2.56. The summed E-state index contributed by atoms with van der Waals surface area (Å²) in [4.78, 5) is 0. The second kappa shape index (κ2) is 4.63. The van der Waals surface area contributed by atoms with Crippen molar-refractivity contribution in [1.29, 1.82) is 0 Å². The van der Waals surface area contributed by atoms with Crippen LogP contribution in [0, 0.1) is 0 Å². The Hall–Kier alpha value is -1.08. The van der Waals surface area contributed by atoms with Crippen LogP contribution in [-0.4, -0.2) is 13.1 Å². The van der Waals surface area contributed by atoms with Crippen molar-refractivity contribution in [1.82, 2.24) is 5.32 Å². The van der Waals surface area contributed by atoms with Gasteiger partial charge in [-0.25, -0.2) is 0 Å². The van der Waals surface area contributed by atoms with E-state index in [9.17, 15) is 0 Å². The van der Waals surface area contributed by atoms with Crippen LogP contribution in [0.4, 0.5) is 0 Å². The van der Waals surface area contributed by atoms with Crippen molar-refractivity contribution in [2.75, 3.05) is 7.05 Å². The lowest BCUT2D eigenvalue weighted by Crippen LogP contribution is -2.35. The van der Waals surface area contributed by atoms with Crippen LogP contribution in [0.25, 0.3) is 0 Å². The maximum absolute atomic E-state index is 3.43. The molecule has 1 N–H and O–H groups in total. The van der Waals surface area contributed by atoms with Crippen LogP contribution < -0.4 is 5.32 Å². The molecule has 15 heavy (non-hydrogen) atoms. The van der Waals surface area contributed by atoms with E-state index >= 15 is 0 Å². The zero-order valence-electron chi connectivity index (χ0n) is 9.53. The number of fused-ring (bicyclic) bond motifs is 1. The SMILES string of the molecule is C/C=C/C1c2ccccc2CCC1NC. The molecule has 2 rings (SSSR count). The Labute approximate surface area is 92.2 Å². The van der Waals surface area contributed by atoms with Gasteiger partial charge < -0.3 is 5.32 Å². The summed E-state index contributed by atoms with van der Waals surface area (Å²) >= 11 is 0. The zero-order valence-corrected chi connectivity index (χ0v) is 9.53. The van der Waals surface area contributed by atoms with E-state index in [0.717, 1.165) is 0 Å². The molecule has 1 aliphatic carbocycles. The Kier molecular flexibility index (Phi) is 3.22. The van der Waals surface area contributed by atoms with Crippen LogP contribution in [-0.2, 0) is 6.42 Å². The van der Waals surface area contributed by atoms with Gasteiger partial charge in [0.2, 0.25) is 0 Å². The van der Waals surface area contributed by atoms with Gasteiger partial charge in [0.1, 0.15) is 0 Å². The Morgan fingerprint density at radius 3 is 2.87 bits per heavy atom. The van der Waals surface area contributed by atoms with Gasteiger partial charge in [0.15, 0.2) is 0 Å². The lowest BCUT2D eigenvalue weighted by atomic mass is 9.79. The van der Waals surface area contributed by atoms with Crippen LogP contribution in [0.2, 0.25) is 0 Å². The molecule has 0 saturated heterocycles. The number of allylic oxidation sites excluding steroid dienone is 1. The molecule has 0 aromatic heterocycles. The normalized spacial score (nSPS) is 25.5. The monoisotopic (exact) mass is 201 g/mol. The van der Waals surface area contributed by atoms with Crippen LogP contribution >= 0.6 is 0 Å². The molecular formula is C14H19N. The first kappa shape index (κ1) is 10.4. The summed E-state index contributed by atoms with van der Waals surface area (Å²) in [5.41, 5.74) is 3.02. The smallest absolute Gasteiger partial charge is 0.0175 e. The van der Waals surface area contributed by atoms with Gasteiger partial charge in [-0.2, -0.15) is 0 Å². The summed E-state index contributed by atoms with van der Waals surface area (Å²) in [5, 5.41) is 3.43. The first-order valence-corrected chi connectivity index (χ1v) is 5.74. The number of aryl methyl sites for hydroxylation is 1. The van der Waals surface area contributed by atoms with Crippen LogP contribution in [0.5, 0.6) is 0 Å². The quantitative estimate of drug-likeness (QED) is 0.725. The van der Waals surface area contributed by atoms with Crippen molar-refractivity contribution < 1.29 is 0 Å². The molecule has 1 nitrogen and oxygen atoms in total. The van der Waals surface area contributed by atoms with E-state index in [1.807, 2.05) is 0 Å². The number of hydrogen-bond acceptors (Lipinski definition) is 1. The molecule has 1 aromatic rings. The first-order chi connectivity index (χ1) is 7.36. The third-order valence-electron chi connectivity index (χ3n) is 3.34.